The van der Waals surface area contributed by atoms with Gasteiger partial charge in [-0.1, -0.05) is 18.9 Å². The third kappa shape index (κ3) is 4.30. The van der Waals surface area contributed by atoms with E-state index in [0.717, 1.165) is 18.4 Å². The van der Waals surface area contributed by atoms with Crippen LogP contribution in [0.1, 0.15) is 44.2 Å². The van der Waals surface area contributed by atoms with E-state index in [1.54, 1.807) is 12.1 Å². The van der Waals surface area contributed by atoms with Gasteiger partial charge in [0.2, 0.25) is 5.91 Å². The van der Waals surface area contributed by atoms with Crippen LogP contribution in [0.3, 0.4) is 0 Å². The van der Waals surface area contributed by atoms with Crippen LogP contribution in [-0.2, 0) is 9.53 Å². The predicted octanol–water partition coefficient (Wildman–Crippen LogP) is 2.65. The van der Waals surface area contributed by atoms with Crippen molar-refractivity contribution >= 4 is 5.91 Å². The fourth-order valence-corrected chi connectivity index (χ4v) is 3.71. The van der Waals surface area contributed by atoms with Gasteiger partial charge >= 0.3 is 0 Å². The molecule has 3 rings (SSSR count). The molecule has 1 N–H and O–H groups in total. The van der Waals surface area contributed by atoms with Gasteiger partial charge in [-0.2, -0.15) is 0 Å². The molecule has 6 heteroatoms. The van der Waals surface area contributed by atoms with Crippen molar-refractivity contribution in [3.63, 3.8) is 0 Å². The Balaban J connectivity index is 1.54. The molecule has 2 fully saturated rings. The van der Waals surface area contributed by atoms with Gasteiger partial charge in [0.05, 0.1) is 13.2 Å². The molecule has 1 heterocycles. The molecule has 1 amide bonds. The molecular formula is C19H27FN2O3. The minimum Gasteiger partial charge on any atom is -0.494 e. The third-order valence-electron chi connectivity index (χ3n) is 5.26. The standard InChI is InChI=1S/C19H27FN2O3/c1-13(14-7-8-17(20)18(9-14)24-2)21-10-16-11-22(19(23)12-25-16)15-5-3-4-6-15/h7-9,13,15-16,21H,3-6,10-12H2,1-2H3/t13-,16?/m1/s1. The topological polar surface area (TPSA) is 50.8 Å². The number of morpholine rings is 1. The van der Waals surface area contributed by atoms with E-state index in [0.29, 0.717) is 19.1 Å². The van der Waals surface area contributed by atoms with Crippen molar-refractivity contribution in [2.45, 2.75) is 50.8 Å². The van der Waals surface area contributed by atoms with E-state index < -0.39 is 0 Å². The predicted molar refractivity (Wildman–Crippen MR) is 93.1 cm³/mol. The normalized spacial score (nSPS) is 23.1. The Hall–Kier alpha value is -1.66. The van der Waals surface area contributed by atoms with E-state index in [1.165, 1.54) is 26.0 Å². The number of hydrogen-bond acceptors (Lipinski definition) is 4. The van der Waals surface area contributed by atoms with Crippen molar-refractivity contribution in [1.82, 2.24) is 10.2 Å². The van der Waals surface area contributed by atoms with E-state index in [-0.39, 0.29) is 36.2 Å². The second-order valence-corrected chi connectivity index (χ2v) is 6.94. The summed E-state index contributed by atoms with van der Waals surface area (Å²) in [6, 6.07) is 5.31. The van der Waals surface area contributed by atoms with Crippen LogP contribution in [-0.4, -0.2) is 49.8 Å². The first-order valence-corrected chi connectivity index (χ1v) is 9.06. The Morgan fingerprint density at radius 2 is 2.16 bits per heavy atom. The number of carbonyl (C=O) groups excluding carboxylic acids is 1. The summed E-state index contributed by atoms with van der Waals surface area (Å²) in [7, 11) is 1.46. The smallest absolute Gasteiger partial charge is 0.248 e. The average Bonchev–Trinajstić information content (AvgIpc) is 3.15. The number of halogens is 1. The number of carbonyl (C=O) groups is 1. The molecule has 25 heavy (non-hydrogen) atoms. The molecule has 1 aromatic carbocycles. The Bertz CT molecular complexity index is 604. The molecule has 1 aliphatic carbocycles. The molecule has 1 aliphatic heterocycles. The molecule has 1 unspecified atom stereocenters. The number of methoxy groups -OCH3 is 1. The van der Waals surface area contributed by atoms with Crippen molar-refractivity contribution < 1.29 is 18.7 Å². The molecule has 2 atom stereocenters. The Morgan fingerprint density at radius 3 is 2.88 bits per heavy atom. The van der Waals surface area contributed by atoms with E-state index in [9.17, 15) is 9.18 Å². The van der Waals surface area contributed by atoms with Gasteiger partial charge in [0, 0.05) is 25.2 Å². The number of nitrogens with one attached hydrogen (secondary N) is 1. The Morgan fingerprint density at radius 1 is 1.40 bits per heavy atom. The van der Waals surface area contributed by atoms with Gasteiger partial charge in [-0.25, -0.2) is 4.39 Å². The van der Waals surface area contributed by atoms with Crippen LogP contribution in [0.5, 0.6) is 5.75 Å². The maximum atomic E-state index is 13.5. The van der Waals surface area contributed by atoms with Gasteiger partial charge in [0.25, 0.3) is 0 Å². The van der Waals surface area contributed by atoms with Crippen LogP contribution in [0.2, 0.25) is 0 Å². The number of rotatable bonds is 6. The molecule has 0 bridgehead atoms. The van der Waals surface area contributed by atoms with Gasteiger partial charge in [0.15, 0.2) is 11.6 Å². The lowest BCUT2D eigenvalue weighted by Crippen LogP contribution is -2.53. The van der Waals surface area contributed by atoms with Gasteiger partial charge in [-0.05, 0) is 37.5 Å². The summed E-state index contributed by atoms with van der Waals surface area (Å²) in [5.41, 5.74) is 0.956. The first-order valence-electron chi connectivity index (χ1n) is 9.06. The Labute approximate surface area is 148 Å². The minimum absolute atomic E-state index is 0.0110. The van der Waals surface area contributed by atoms with E-state index >= 15 is 0 Å². The fraction of sp³-hybridized carbons (Fsp3) is 0.632. The zero-order chi connectivity index (χ0) is 17.8. The average molecular weight is 350 g/mol. The van der Waals surface area contributed by atoms with Crippen LogP contribution < -0.4 is 10.1 Å². The van der Waals surface area contributed by atoms with E-state index in [2.05, 4.69) is 5.32 Å². The lowest BCUT2D eigenvalue weighted by molar-refractivity contribution is -0.151. The van der Waals surface area contributed by atoms with Gasteiger partial charge in [0.1, 0.15) is 6.61 Å². The van der Waals surface area contributed by atoms with Crippen molar-refractivity contribution in [1.29, 1.82) is 0 Å². The summed E-state index contributed by atoms with van der Waals surface area (Å²) in [6.45, 7) is 3.49. The van der Waals surface area contributed by atoms with Gasteiger partial charge < -0.3 is 19.7 Å². The van der Waals surface area contributed by atoms with Crippen LogP contribution in [0.4, 0.5) is 4.39 Å². The molecule has 0 aromatic heterocycles. The lowest BCUT2D eigenvalue weighted by Gasteiger charge is -2.37. The molecule has 5 nitrogen and oxygen atoms in total. The highest BCUT2D eigenvalue weighted by Crippen LogP contribution is 2.26. The summed E-state index contributed by atoms with van der Waals surface area (Å²) in [6.07, 6.45) is 4.63. The summed E-state index contributed by atoms with van der Waals surface area (Å²) in [4.78, 5) is 14.1. The highest BCUT2D eigenvalue weighted by Gasteiger charge is 2.32. The first kappa shape index (κ1) is 18.1. The molecule has 138 valence electrons. The number of hydrogen-bond donors (Lipinski definition) is 1. The summed E-state index contributed by atoms with van der Waals surface area (Å²) < 4.78 is 24.3. The van der Waals surface area contributed by atoms with Gasteiger partial charge in [-0.15, -0.1) is 0 Å². The highest BCUT2D eigenvalue weighted by molar-refractivity contribution is 5.78. The van der Waals surface area contributed by atoms with Crippen LogP contribution >= 0.6 is 0 Å². The summed E-state index contributed by atoms with van der Waals surface area (Å²) in [5.74, 6) is -0.00248. The number of nitrogens with zero attached hydrogens (tertiary/aromatic N) is 1. The second kappa shape index (κ2) is 8.15. The second-order valence-electron chi connectivity index (χ2n) is 6.94. The minimum atomic E-state index is -0.361. The Kier molecular flexibility index (Phi) is 5.91. The number of ether oxygens (including phenoxy) is 2. The van der Waals surface area contributed by atoms with Crippen molar-refractivity contribution in [3.8, 4) is 5.75 Å². The first-order chi connectivity index (χ1) is 12.1. The maximum absolute atomic E-state index is 13.5. The number of benzene rings is 1. The molecule has 0 spiro atoms. The van der Waals surface area contributed by atoms with Crippen LogP contribution in [0, 0.1) is 5.82 Å². The van der Waals surface area contributed by atoms with Crippen LogP contribution in [0.15, 0.2) is 18.2 Å². The molecule has 1 aromatic rings. The van der Waals surface area contributed by atoms with E-state index in [1.807, 2.05) is 11.8 Å². The zero-order valence-electron chi connectivity index (χ0n) is 15.0. The molecule has 2 aliphatic rings. The van der Waals surface area contributed by atoms with E-state index in [4.69, 9.17) is 9.47 Å². The maximum Gasteiger partial charge on any atom is 0.248 e. The van der Waals surface area contributed by atoms with Crippen molar-refractivity contribution in [2.75, 3.05) is 26.8 Å². The third-order valence-corrected chi connectivity index (χ3v) is 5.26. The fourth-order valence-electron chi connectivity index (χ4n) is 3.71. The van der Waals surface area contributed by atoms with Crippen LogP contribution in [0.25, 0.3) is 0 Å². The quantitative estimate of drug-likeness (QED) is 0.857. The molecule has 1 saturated carbocycles. The molecule has 0 radical (unpaired) electrons. The summed E-state index contributed by atoms with van der Waals surface area (Å²) in [5, 5.41) is 3.42. The zero-order valence-corrected chi connectivity index (χ0v) is 15.0. The van der Waals surface area contributed by atoms with Crippen molar-refractivity contribution in [2.24, 2.45) is 0 Å². The molecular weight excluding hydrogens is 323 g/mol. The summed E-state index contributed by atoms with van der Waals surface area (Å²) >= 11 is 0. The molecule has 1 saturated heterocycles. The monoisotopic (exact) mass is 350 g/mol. The number of amides is 1. The van der Waals surface area contributed by atoms with Crippen molar-refractivity contribution in [3.05, 3.63) is 29.6 Å². The SMILES string of the molecule is COc1cc([C@@H](C)NCC2CN(C3CCCC3)C(=O)CO2)ccc1F. The lowest BCUT2D eigenvalue weighted by atomic mass is 10.1. The largest absolute Gasteiger partial charge is 0.494 e. The highest BCUT2D eigenvalue weighted by atomic mass is 19.1. The van der Waals surface area contributed by atoms with Gasteiger partial charge in [-0.3, -0.25) is 4.79 Å².